The molecule has 0 saturated carbocycles. The van der Waals surface area contributed by atoms with Gasteiger partial charge >= 0.3 is 5.97 Å². The summed E-state index contributed by atoms with van der Waals surface area (Å²) in [5.74, 6) is -0.331. The van der Waals surface area contributed by atoms with Gasteiger partial charge in [0.15, 0.2) is 0 Å². The first-order chi connectivity index (χ1) is 13.0. The molecular formula is C23H27NO3. The van der Waals surface area contributed by atoms with Crippen molar-refractivity contribution in [2.45, 2.75) is 32.2 Å². The lowest BCUT2D eigenvalue weighted by molar-refractivity contribution is -0.117. The second-order valence-corrected chi connectivity index (χ2v) is 7.61. The number of methoxy groups -OCH3 is 1. The Morgan fingerprint density at radius 3 is 2.67 bits per heavy atom. The first-order valence-corrected chi connectivity index (χ1v) is 9.44. The molecular weight excluding hydrogens is 338 g/mol. The molecule has 0 aliphatic heterocycles. The maximum absolute atomic E-state index is 12.0. The maximum atomic E-state index is 12.0. The van der Waals surface area contributed by atoms with E-state index in [1.165, 1.54) is 18.2 Å². The van der Waals surface area contributed by atoms with Gasteiger partial charge in [0.05, 0.1) is 12.7 Å². The van der Waals surface area contributed by atoms with Gasteiger partial charge < -0.3 is 14.4 Å². The fourth-order valence-electron chi connectivity index (χ4n) is 3.89. The molecule has 0 radical (unpaired) electrons. The van der Waals surface area contributed by atoms with Crippen LogP contribution >= 0.6 is 0 Å². The van der Waals surface area contributed by atoms with Crippen molar-refractivity contribution >= 4 is 12.3 Å². The minimum Gasteiger partial charge on any atom is -0.465 e. The van der Waals surface area contributed by atoms with E-state index < -0.39 is 0 Å². The Kier molecular flexibility index (Phi) is 6.07. The first kappa shape index (κ1) is 19.3. The van der Waals surface area contributed by atoms with Crippen molar-refractivity contribution in [2.75, 3.05) is 20.7 Å². The van der Waals surface area contributed by atoms with Gasteiger partial charge in [-0.2, -0.15) is 0 Å². The highest BCUT2D eigenvalue weighted by Crippen LogP contribution is 2.37. The SMILES string of the molecule is COC(=O)c1ccc2c(c1)C[C@@](C=O)(CCN(C)Cc1ccccc1)CC2. The average Bonchev–Trinajstić information content (AvgIpc) is 2.71. The van der Waals surface area contributed by atoms with Gasteiger partial charge in [0, 0.05) is 12.0 Å². The van der Waals surface area contributed by atoms with Crippen LogP contribution in [0.3, 0.4) is 0 Å². The summed E-state index contributed by atoms with van der Waals surface area (Å²) in [6.07, 6.45) is 4.38. The van der Waals surface area contributed by atoms with Crippen molar-refractivity contribution in [3.05, 3.63) is 70.8 Å². The highest BCUT2D eigenvalue weighted by molar-refractivity contribution is 5.89. The third-order valence-corrected chi connectivity index (χ3v) is 5.60. The van der Waals surface area contributed by atoms with Gasteiger partial charge in [0.2, 0.25) is 0 Å². The quantitative estimate of drug-likeness (QED) is 0.555. The van der Waals surface area contributed by atoms with E-state index in [0.717, 1.165) is 44.2 Å². The largest absolute Gasteiger partial charge is 0.465 e. The van der Waals surface area contributed by atoms with Gasteiger partial charge in [-0.05, 0) is 68.1 Å². The second kappa shape index (κ2) is 8.49. The van der Waals surface area contributed by atoms with Crippen molar-refractivity contribution < 1.29 is 14.3 Å². The Morgan fingerprint density at radius 1 is 1.19 bits per heavy atom. The lowest BCUT2D eigenvalue weighted by atomic mass is 9.70. The summed E-state index contributed by atoms with van der Waals surface area (Å²) in [6.45, 7) is 1.73. The number of carbonyl (C=O) groups excluding carboxylic acids is 2. The Hall–Kier alpha value is -2.46. The number of hydrogen-bond donors (Lipinski definition) is 0. The Labute approximate surface area is 161 Å². The van der Waals surface area contributed by atoms with E-state index in [4.69, 9.17) is 4.74 Å². The van der Waals surface area contributed by atoms with E-state index in [0.29, 0.717) is 12.0 Å². The molecule has 142 valence electrons. The van der Waals surface area contributed by atoms with Crippen LogP contribution in [0.25, 0.3) is 0 Å². The molecule has 0 bridgehead atoms. The molecule has 1 atom stereocenters. The van der Waals surface area contributed by atoms with Gasteiger partial charge in [-0.3, -0.25) is 0 Å². The summed E-state index contributed by atoms with van der Waals surface area (Å²) in [5, 5.41) is 0. The number of esters is 1. The number of hydrogen-bond acceptors (Lipinski definition) is 4. The topological polar surface area (TPSA) is 46.6 Å². The Balaban J connectivity index is 1.67. The van der Waals surface area contributed by atoms with Gasteiger partial charge in [-0.25, -0.2) is 4.79 Å². The van der Waals surface area contributed by atoms with Gasteiger partial charge in [-0.1, -0.05) is 36.4 Å². The third-order valence-electron chi connectivity index (χ3n) is 5.60. The summed E-state index contributed by atoms with van der Waals surface area (Å²) in [4.78, 5) is 26.1. The first-order valence-electron chi connectivity index (χ1n) is 9.44. The molecule has 4 nitrogen and oxygen atoms in total. The molecule has 27 heavy (non-hydrogen) atoms. The number of fused-ring (bicyclic) bond motifs is 1. The molecule has 2 aromatic carbocycles. The van der Waals surface area contributed by atoms with Gasteiger partial charge in [0.25, 0.3) is 0 Å². The summed E-state index contributed by atoms with van der Waals surface area (Å²) >= 11 is 0. The van der Waals surface area contributed by atoms with E-state index in [1.807, 2.05) is 36.4 Å². The van der Waals surface area contributed by atoms with Crippen LogP contribution in [0.5, 0.6) is 0 Å². The maximum Gasteiger partial charge on any atom is 0.337 e. The van der Waals surface area contributed by atoms with E-state index in [2.05, 4.69) is 24.1 Å². The van der Waals surface area contributed by atoms with Crippen molar-refractivity contribution in [2.24, 2.45) is 5.41 Å². The van der Waals surface area contributed by atoms with Crippen LogP contribution in [0.4, 0.5) is 0 Å². The number of aryl methyl sites for hydroxylation is 1. The lowest BCUT2D eigenvalue weighted by Crippen LogP contribution is -2.34. The number of ether oxygens (including phenoxy) is 1. The lowest BCUT2D eigenvalue weighted by Gasteiger charge is -2.35. The molecule has 0 heterocycles. The Bertz CT molecular complexity index is 803. The van der Waals surface area contributed by atoms with Crippen molar-refractivity contribution in [1.29, 1.82) is 0 Å². The zero-order valence-corrected chi connectivity index (χ0v) is 16.1. The zero-order chi connectivity index (χ0) is 19.3. The standard InChI is InChI=1S/C23H27NO3/c1-24(16-18-6-4-3-5-7-18)13-12-23(17-25)11-10-19-8-9-20(22(26)27-2)14-21(19)15-23/h3-9,14,17H,10-13,15-16H2,1-2H3/t23-/m0/s1. The molecule has 0 saturated heterocycles. The summed E-state index contributed by atoms with van der Waals surface area (Å²) in [7, 11) is 3.48. The van der Waals surface area contributed by atoms with E-state index >= 15 is 0 Å². The number of aldehydes is 1. The zero-order valence-electron chi connectivity index (χ0n) is 16.1. The molecule has 3 rings (SSSR count). The average molecular weight is 365 g/mol. The Morgan fingerprint density at radius 2 is 1.96 bits per heavy atom. The monoisotopic (exact) mass is 365 g/mol. The van der Waals surface area contributed by atoms with E-state index in [1.54, 1.807) is 0 Å². The number of rotatable bonds is 7. The van der Waals surface area contributed by atoms with Crippen LogP contribution in [-0.4, -0.2) is 37.9 Å². The van der Waals surface area contributed by atoms with Crippen LogP contribution in [0.1, 0.15) is 39.9 Å². The van der Waals surface area contributed by atoms with Crippen LogP contribution in [-0.2, 0) is 28.9 Å². The van der Waals surface area contributed by atoms with E-state index in [9.17, 15) is 9.59 Å². The number of carbonyl (C=O) groups is 2. The fourth-order valence-corrected chi connectivity index (χ4v) is 3.89. The fraction of sp³-hybridized carbons (Fsp3) is 0.391. The predicted molar refractivity (Wildman–Crippen MR) is 106 cm³/mol. The van der Waals surface area contributed by atoms with Crippen LogP contribution in [0.15, 0.2) is 48.5 Å². The molecule has 0 spiro atoms. The molecule has 0 fully saturated rings. The minimum absolute atomic E-state index is 0.331. The molecule has 0 aromatic heterocycles. The van der Waals surface area contributed by atoms with Crippen LogP contribution in [0.2, 0.25) is 0 Å². The van der Waals surface area contributed by atoms with Gasteiger partial charge in [0.1, 0.15) is 6.29 Å². The molecule has 1 aliphatic rings. The minimum atomic E-state index is -0.354. The second-order valence-electron chi connectivity index (χ2n) is 7.61. The molecule has 0 amide bonds. The molecule has 1 aliphatic carbocycles. The molecule has 4 heteroatoms. The highest BCUT2D eigenvalue weighted by atomic mass is 16.5. The smallest absolute Gasteiger partial charge is 0.337 e. The molecule has 0 N–H and O–H groups in total. The van der Waals surface area contributed by atoms with E-state index in [-0.39, 0.29) is 11.4 Å². The van der Waals surface area contributed by atoms with Crippen molar-refractivity contribution in [1.82, 2.24) is 4.90 Å². The molecule has 0 unspecified atom stereocenters. The summed E-state index contributed by atoms with van der Waals surface area (Å²) < 4.78 is 4.83. The molecule has 2 aromatic rings. The summed E-state index contributed by atoms with van der Waals surface area (Å²) in [6, 6.07) is 16.1. The van der Waals surface area contributed by atoms with Crippen LogP contribution < -0.4 is 0 Å². The normalized spacial score (nSPS) is 18.8. The predicted octanol–water partition coefficient (Wildman–Crippen LogP) is 3.67. The number of benzene rings is 2. The van der Waals surface area contributed by atoms with Crippen molar-refractivity contribution in [3.8, 4) is 0 Å². The number of nitrogens with zero attached hydrogens (tertiary/aromatic N) is 1. The third kappa shape index (κ3) is 4.64. The van der Waals surface area contributed by atoms with Crippen LogP contribution in [0, 0.1) is 5.41 Å². The summed E-state index contributed by atoms with van der Waals surface area (Å²) in [5.41, 5.74) is 3.81. The van der Waals surface area contributed by atoms with Crippen molar-refractivity contribution in [3.63, 3.8) is 0 Å². The highest BCUT2D eigenvalue weighted by Gasteiger charge is 2.34. The van der Waals surface area contributed by atoms with Gasteiger partial charge in [-0.15, -0.1) is 0 Å².